The molecule has 1 fully saturated rings. The first-order chi connectivity index (χ1) is 15.4. The number of nitrogens with one attached hydrogen (secondary N) is 1. The van der Waals surface area contributed by atoms with Crippen molar-refractivity contribution in [3.63, 3.8) is 0 Å². The zero-order valence-electron chi connectivity index (χ0n) is 17.0. The van der Waals surface area contributed by atoms with E-state index in [2.05, 4.69) is 9.71 Å². The molecule has 2 N–H and O–H groups in total. The van der Waals surface area contributed by atoms with Gasteiger partial charge in [0, 0.05) is 24.7 Å². The first-order valence-corrected chi connectivity index (χ1v) is 11.7. The molecule has 166 valence electrons. The lowest BCUT2D eigenvalue weighted by molar-refractivity contribution is -0.140. The third-order valence-electron chi connectivity index (χ3n) is 5.69. The number of sulfonamides is 1. The number of benzene rings is 2. The molecule has 0 aliphatic carbocycles. The molecule has 1 saturated heterocycles. The monoisotopic (exact) mass is 455 g/mol. The van der Waals surface area contributed by atoms with Crippen LogP contribution in [-0.2, 0) is 14.8 Å². The Hall–Kier alpha value is -3.53. The van der Waals surface area contributed by atoms with Crippen molar-refractivity contribution in [1.29, 1.82) is 0 Å². The molecule has 2 aliphatic rings. The molecule has 5 rings (SSSR count). The topological polar surface area (TPSA) is 118 Å². The van der Waals surface area contributed by atoms with Crippen LogP contribution in [0.1, 0.15) is 6.42 Å². The van der Waals surface area contributed by atoms with Crippen molar-refractivity contribution in [3.8, 4) is 11.5 Å². The second kappa shape index (κ2) is 7.86. The van der Waals surface area contributed by atoms with Gasteiger partial charge in [0.05, 0.1) is 22.8 Å². The Bertz CT molecular complexity index is 1310. The van der Waals surface area contributed by atoms with Gasteiger partial charge >= 0.3 is 5.97 Å². The predicted molar refractivity (Wildman–Crippen MR) is 118 cm³/mol. The number of pyridine rings is 1. The fraction of sp³-hybridized carbons (Fsp3) is 0.273. The summed E-state index contributed by atoms with van der Waals surface area (Å²) >= 11 is 0. The summed E-state index contributed by atoms with van der Waals surface area (Å²) in [6, 6.07) is 11.7. The van der Waals surface area contributed by atoms with Crippen LogP contribution in [0.25, 0.3) is 10.9 Å². The average Bonchev–Trinajstić information content (AvgIpc) is 3.29. The van der Waals surface area contributed by atoms with Gasteiger partial charge in [0.1, 0.15) is 18.1 Å². The Balaban J connectivity index is 1.52. The van der Waals surface area contributed by atoms with Crippen molar-refractivity contribution >= 4 is 38.3 Å². The molecule has 0 bridgehead atoms. The third-order valence-corrected chi connectivity index (χ3v) is 7.08. The third kappa shape index (κ3) is 3.56. The number of hydrogen-bond acceptors (Lipinski definition) is 7. The molecule has 0 saturated carbocycles. The maximum Gasteiger partial charge on any atom is 0.308 e. The van der Waals surface area contributed by atoms with Crippen molar-refractivity contribution in [1.82, 2.24) is 4.98 Å². The summed E-state index contributed by atoms with van der Waals surface area (Å²) in [6.45, 7) is 1.62. The lowest BCUT2D eigenvalue weighted by Gasteiger charge is -2.22. The summed E-state index contributed by atoms with van der Waals surface area (Å²) in [7, 11) is -3.97. The summed E-state index contributed by atoms with van der Waals surface area (Å²) in [5.74, 6) is -0.657. The van der Waals surface area contributed by atoms with Crippen LogP contribution in [-0.4, -0.2) is 50.8 Å². The molecule has 0 spiro atoms. The number of rotatable bonds is 5. The normalized spacial score (nSPS) is 18.0. The number of hydrogen-bond donors (Lipinski definition) is 2. The molecule has 1 atom stereocenters. The number of para-hydroxylation sites is 1. The molecular weight excluding hydrogens is 434 g/mol. The minimum absolute atomic E-state index is 0.000315. The van der Waals surface area contributed by atoms with Gasteiger partial charge in [0.25, 0.3) is 10.0 Å². The quantitative estimate of drug-likeness (QED) is 0.603. The minimum Gasteiger partial charge on any atom is -0.486 e. The average molecular weight is 455 g/mol. The summed E-state index contributed by atoms with van der Waals surface area (Å²) < 4.78 is 40.2. The number of carbonyl (C=O) groups is 1. The van der Waals surface area contributed by atoms with E-state index in [1.54, 1.807) is 42.6 Å². The Morgan fingerprint density at radius 1 is 1.12 bits per heavy atom. The molecule has 9 nitrogen and oxygen atoms in total. The fourth-order valence-corrected chi connectivity index (χ4v) is 5.38. The zero-order chi connectivity index (χ0) is 22.3. The lowest BCUT2D eigenvalue weighted by atomic mass is 10.1. The highest BCUT2D eigenvalue weighted by Gasteiger charge is 2.30. The minimum atomic E-state index is -3.97. The Morgan fingerprint density at radius 2 is 1.97 bits per heavy atom. The van der Waals surface area contributed by atoms with Gasteiger partial charge in [-0.2, -0.15) is 0 Å². The van der Waals surface area contributed by atoms with Crippen LogP contribution in [0.5, 0.6) is 11.5 Å². The van der Waals surface area contributed by atoms with E-state index in [0.717, 1.165) is 5.69 Å². The van der Waals surface area contributed by atoms with Crippen LogP contribution in [0.3, 0.4) is 0 Å². The van der Waals surface area contributed by atoms with Gasteiger partial charge in [-0.1, -0.05) is 6.07 Å². The highest BCUT2D eigenvalue weighted by Crippen LogP contribution is 2.39. The van der Waals surface area contributed by atoms with Crippen molar-refractivity contribution in [2.24, 2.45) is 5.92 Å². The molecule has 2 aliphatic heterocycles. The van der Waals surface area contributed by atoms with Crippen LogP contribution in [0.4, 0.5) is 11.4 Å². The number of aliphatic carboxylic acids is 1. The van der Waals surface area contributed by atoms with Gasteiger partial charge < -0.3 is 19.5 Å². The van der Waals surface area contributed by atoms with E-state index in [4.69, 9.17) is 9.47 Å². The predicted octanol–water partition coefficient (Wildman–Crippen LogP) is 2.72. The molecule has 0 amide bonds. The molecule has 0 radical (unpaired) electrons. The van der Waals surface area contributed by atoms with Crippen LogP contribution in [0, 0.1) is 5.92 Å². The van der Waals surface area contributed by atoms with E-state index >= 15 is 0 Å². The summed E-state index contributed by atoms with van der Waals surface area (Å²) in [4.78, 5) is 17.8. The first kappa shape index (κ1) is 20.4. The molecule has 1 aromatic heterocycles. The van der Waals surface area contributed by atoms with E-state index in [0.29, 0.717) is 48.5 Å². The maximum absolute atomic E-state index is 13.2. The summed E-state index contributed by atoms with van der Waals surface area (Å²) in [6.07, 6.45) is 2.19. The van der Waals surface area contributed by atoms with E-state index in [1.165, 1.54) is 6.07 Å². The highest BCUT2D eigenvalue weighted by atomic mass is 32.2. The van der Waals surface area contributed by atoms with Crippen molar-refractivity contribution in [3.05, 3.63) is 48.7 Å². The van der Waals surface area contributed by atoms with Gasteiger partial charge in [-0.25, -0.2) is 8.42 Å². The number of anilines is 2. The summed E-state index contributed by atoms with van der Waals surface area (Å²) in [5, 5.41) is 9.94. The Morgan fingerprint density at radius 3 is 2.78 bits per heavy atom. The van der Waals surface area contributed by atoms with E-state index in [-0.39, 0.29) is 17.3 Å². The van der Waals surface area contributed by atoms with Gasteiger partial charge in [-0.05, 0) is 42.8 Å². The molecule has 3 aromatic rings. The Labute approximate surface area is 184 Å². The number of nitrogens with zero attached hydrogens (tertiary/aromatic N) is 2. The van der Waals surface area contributed by atoms with Crippen molar-refractivity contribution in [2.75, 3.05) is 35.9 Å². The number of carboxylic acid groups (broad SMARTS) is 1. The second-order valence-electron chi connectivity index (χ2n) is 7.69. The molecular formula is C22H21N3O6S. The van der Waals surface area contributed by atoms with Crippen LogP contribution < -0.4 is 19.1 Å². The fourth-order valence-electron chi connectivity index (χ4n) is 4.14. The van der Waals surface area contributed by atoms with Crippen molar-refractivity contribution in [2.45, 2.75) is 11.3 Å². The SMILES string of the molecule is O=C(O)[C@@H]1CCN(c2ccc(NS(=O)(=O)c3cccc4c3OCCO4)c3cccnc23)C1. The highest BCUT2D eigenvalue weighted by molar-refractivity contribution is 7.92. The summed E-state index contributed by atoms with van der Waals surface area (Å²) in [5.41, 5.74) is 1.76. The largest absolute Gasteiger partial charge is 0.486 e. The number of carboxylic acids is 1. The smallest absolute Gasteiger partial charge is 0.308 e. The van der Waals surface area contributed by atoms with E-state index in [1.807, 2.05) is 4.90 Å². The molecule has 3 heterocycles. The first-order valence-electron chi connectivity index (χ1n) is 10.2. The van der Waals surface area contributed by atoms with Gasteiger partial charge in [0.2, 0.25) is 0 Å². The van der Waals surface area contributed by atoms with Crippen LogP contribution in [0.15, 0.2) is 53.6 Å². The van der Waals surface area contributed by atoms with Crippen molar-refractivity contribution < 1.29 is 27.8 Å². The second-order valence-corrected chi connectivity index (χ2v) is 9.34. The number of aromatic nitrogens is 1. The maximum atomic E-state index is 13.2. The van der Waals surface area contributed by atoms with Gasteiger partial charge in [-0.15, -0.1) is 0 Å². The zero-order valence-corrected chi connectivity index (χ0v) is 17.8. The molecule has 10 heteroatoms. The molecule has 32 heavy (non-hydrogen) atoms. The van der Waals surface area contributed by atoms with Crippen LogP contribution >= 0.6 is 0 Å². The lowest BCUT2D eigenvalue weighted by Crippen LogP contribution is -2.23. The standard InChI is InChI=1S/C22H21N3O6S/c26-22(27)14-8-10-25(13-14)17-7-6-16(15-3-2-9-23-20(15)17)24-32(28,29)19-5-1-4-18-21(19)31-12-11-30-18/h1-7,9,14,24H,8,10-13H2,(H,26,27)/t14-/m1/s1. The molecule has 2 aromatic carbocycles. The Kier molecular flexibility index (Phi) is 5.01. The van der Waals surface area contributed by atoms with E-state index < -0.39 is 21.9 Å². The van der Waals surface area contributed by atoms with E-state index in [9.17, 15) is 18.3 Å². The van der Waals surface area contributed by atoms with Crippen LogP contribution in [0.2, 0.25) is 0 Å². The number of ether oxygens (including phenoxy) is 2. The molecule has 0 unspecified atom stereocenters. The van der Waals surface area contributed by atoms with Gasteiger partial charge in [0.15, 0.2) is 11.5 Å². The van der Waals surface area contributed by atoms with Gasteiger partial charge in [-0.3, -0.25) is 14.5 Å². The number of fused-ring (bicyclic) bond motifs is 2.